The molecule has 1 heterocycles. The van der Waals surface area contributed by atoms with E-state index in [9.17, 15) is 19.5 Å². The number of aliphatic carboxylic acids is 1. The van der Waals surface area contributed by atoms with E-state index in [1.54, 1.807) is 6.08 Å². The SMILES string of the molecule is C=CCCC(NC(=O)c1ccc(CNC(=O)OCC2c3ccccc3-c3ccccc32)o1)C(=O)O. The van der Waals surface area contributed by atoms with Gasteiger partial charge >= 0.3 is 12.1 Å². The van der Waals surface area contributed by atoms with Gasteiger partial charge in [0.2, 0.25) is 0 Å². The fraction of sp³-hybridized carbons (Fsp3) is 0.222. The largest absolute Gasteiger partial charge is 0.480 e. The Labute approximate surface area is 202 Å². The maximum absolute atomic E-state index is 12.3. The van der Waals surface area contributed by atoms with Crippen LogP contribution in [0.15, 0.2) is 77.7 Å². The third-order valence-electron chi connectivity index (χ3n) is 5.90. The Morgan fingerprint density at radius 3 is 2.31 bits per heavy atom. The lowest BCUT2D eigenvalue weighted by Gasteiger charge is -2.14. The highest BCUT2D eigenvalue weighted by atomic mass is 16.5. The molecule has 0 saturated carbocycles. The maximum atomic E-state index is 12.3. The highest BCUT2D eigenvalue weighted by Gasteiger charge is 2.29. The van der Waals surface area contributed by atoms with Crippen molar-refractivity contribution in [3.63, 3.8) is 0 Å². The number of ether oxygens (including phenoxy) is 1. The van der Waals surface area contributed by atoms with Crippen LogP contribution >= 0.6 is 0 Å². The van der Waals surface area contributed by atoms with Crippen LogP contribution in [0.1, 0.15) is 46.2 Å². The highest BCUT2D eigenvalue weighted by Crippen LogP contribution is 2.44. The lowest BCUT2D eigenvalue weighted by Crippen LogP contribution is -2.40. The number of rotatable bonds is 10. The molecule has 2 aromatic carbocycles. The minimum atomic E-state index is -1.14. The molecule has 4 rings (SSSR count). The van der Waals surface area contributed by atoms with Crippen molar-refractivity contribution in [2.24, 2.45) is 0 Å². The zero-order valence-electron chi connectivity index (χ0n) is 19.0. The summed E-state index contributed by atoms with van der Waals surface area (Å²) in [7, 11) is 0. The third-order valence-corrected chi connectivity index (χ3v) is 5.90. The second kappa shape index (κ2) is 10.7. The number of allylic oxidation sites excluding steroid dienone is 1. The number of carbonyl (C=O) groups is 3. The first-order valence-corrected chi connectivity index (χ1v) is 11.3. The van der Waals surface area contributed by atoms with E-state index in [-0.39, 0.29) is 31.3 Å². The van der Waals surface area contributed by atoms with Gasteiger partial charge < -0.3 is 24.9 Å². The van der Waals surface area contributed by atoms with Gasteiger partial charge in [0.15, 0.2) is 5.76 Å². The Balaban J connectivity index is 1.30. The zero-order valence-corrected chi connectivity index (χ0v) is 19.0. The van der Waals surface area contributed by atoms with Crippen LogP contribution in [0.5, 0.6) is 0 Å². The van der Waals surface area contributed by atoms with Crippen molar-refractivity contribution in [3.8, 4) is 11.1 Å². The lowest BCUT2D eigenvalue weighted by molar-refractivity contribution is -0.139. The molecule has 0 bridgehead atoms. The summed E-state index contributed by atoms with van der Waals surface area (Å²) in [6.45, 7) is 3.76. The molecule has 0 fully saturated rings. The van der Waals surface area contributed by atoms with Crippen LogP contribution in [0.3, 0.4) is 0 Å². The molecule has 35 heavy (non-hydrogen) atoms. The highest BCUT2D eigenvalue weighted by molar-refractivity contribution is 5.94. The minimum absolute atomic E-state index is 0.0166. The molecular weight excluding hydrogens is 448 g/mol. The number of carboxylic acids is 1. The Bertz CT molecular complexity index is 1200. The number of carbonyl (C=O) groups excluding carboxylic acids is 2. The van der Waals surface area contributed by atoms with E-state index in [2.05, 4.69) is 29.3 Å². The molecule has 0 spiro atoms. The van der Waals surface area contributed by atoms with Crippen LogP contribution in [-0.4, -0.2) is 35.7 Å². The molecule has 1 aromatic heterocycles. The molecule has 1 unspecified atom stereocenters. The van der Waals surface area contributed by atoms with Gasteiger partial charge in [0.1, 0.15) is 18.4 Å². The molecule has 0 saturated heterocycles. The Hall–Kier alpha value is -4.33. The van der Waals surface area contributed by atoms with Gasteiger partial charge in [0.05, 0.1) is 6.54 Å². The molecule has 3 aromatic rings. The molecule has 3 N–H and O–H groups in total. The molecule has 1 atom stereocenters. The van der Waals surface area contributed by atoms with Crippen molar-refractivity contribution in [1.82, 2.24) is 10.6 Å². The summed E-state index contributed by atoms with van der Waals surface area (Å²) in [6, 6.07) is 18.1. The number of hydrogen-bond donors (Lipinski definition) is 3. The predicted octanol–water partition coefficient (Wildman–Crippen LogP) is 4.47. The molecule has 0 radical (unpaired) electrons. The van der Waals surface area contributed by atoms with Gasteiger partial charge in [0.25, 0.3) is 5.91 Å². The molecular formula is C27H26N2O6. The van der Waals surface area contributed by atoms with Crippen molar-refractivity contribution in [1.29, 1.82) is 0 Å². The van der Waals surface area contributed by atoms with Gasteiger partial charge in [-0.1, -0.05) is 54.6 Å². The topological polar surface area (TPSA) is 118 Å². The van der Waals surface area contributed by atoms with Crippen LogP contribution in [0.25, 0.3) is 11.1 Å². The van der Waals surface area contributed by atoms with E-state index in [0.29, 0.717) is 12.2 Å². The third kappa shape index (κ3) is 5.43. The fourth-order valence-electron chi connectivity index (χ4n) is 4.17. The standard InChI is InChI=1S/C27H26N2O6/c1-2-3-12-23(26(31)32)29-25(30)24-14-13-17(35-24)15-28-27(33)34-16-22-20-10-6-4-8-18(20)19-9-5-7-11-21(19)22/h2,4-11,13-14,22-23H,1,3,12,15-16H2,(H,28,33)(H,29,30)(H,31,32). The number of benzene rings is 2. The first-order valence-electron chi connectivity index (χ1n) is 11.3. The molecule has 1 aliphatic carbocycles. The lowest BCUT2D eigenvalue weighted by atomic mass is 9.98. The molecule has 0 aliphatic heterocycles. The van der Waals surface area contributed by atoms with Gasteiger partial charge in [0, 0.05) is 5.92 Å². The summed E-state index contributed by atoms with van der Waals surface area (Å²) < 4.78 is 10.9. The molecule has 1 aliphatic rings. The fourth-order valence-corrected chi connectivity index (χ4v) is 4.17. The average molecular weight is 475 g/mol. The minimum Gasteiger partial charge on any atom is -0.480 e. The predicted molar refractivity (Wildman–Crippen MR) is 129 cm³/mol. The summed E-state index contributed by atoms with van der Waals surface area (Å²) in [6.07, 6.45) is 1.65. The van der Waals surface area contributed by atoms with E-state index in [0.717, 1.165) is 22.3 Å². The second-order valence-corrected chi connectivity index (χ2v) is 8.18. The van der Waals surface area contributed by atoms with Crippen molar-refractivity contribution >= 4 is 18.0 Å². The van der Waals surface area contributed by atoms with Crippen LogP contribution < -0.4 is 10.6 Å². The number of fused-ring (bicyclic) bond motifs is 3. The summed E-state index contributed by atoms with van der Waals surface area (Å²) in [5.74, 6) is -1.53. The molecule has 2 amide bonds. The number of carboxylic acid groups (broad SMARTS) is 1. The van der Waals surface area contributed by atoms with Crippen LogP contribution in [-0.2, 0) is 16.1 Å². The van der Waals surface area contributed by atoms with Crippen molar-refractivity contribution in [3.05, 3.63) is 96.0 Å². The summed E-state index contributed by atoms with van der Waals surface area (Å²) in [5, 5.41) is 14.3. The monoisotopic (exact) mass is 474 g/mol. The Morgan fingerprint density at radius 1 is 1.03 bits per heavy atom. The normalized spacial score (nSPS) is 12.8. The van der Waals surface area contributed by atoms with Gasteiger partial charge in [-0.2, -0.15) is 0 Å². The first kappa shape index (κ1) is 23.8. The van der Waals surface area contributed by atoms with E-state index >= 15 is 0 Å². The van der Waals surface area contributed by atoms with Gasteiger partial charge in [-0.15, -0.1) is 6.58 Å². The quantitative estimate of drug-likeness (QED) is 0.373. The Kier molecular flexibility index (Phi) is 7.30. The van der Waals surface area contributed by atoms with Gasteiger partial charge in [-0.25, -0.2) is 9.59 Å². The summed E-state index contributed by atoms with van der Waals surface area (Å²) in [5.41, 5.74) is 4.54. The number of nitrogens with one attached hydrogen (secondary N) is 2. The first-order chi connectivity index (χ1) is 17.0. The number of hydrogen-bond acceptors (Lipinski definition) is 5. The van der Waals surface area contributed by atoms with Gasteiger partial charge in [-0.3, -0.25) is 4.79 Å². The number of amides is 2. The summed E-state index contributed by atoms with van der Waals surface area (Å²) in [4.78, 5) is 36.0. The van der Waals surface area contributed by atoms with Crippen molar-refractivity contribution in [2.75, 3.05) is 6.61 Å². The molecule has 180 valence electrons. The zero-order chi connectivity index (χ0) is 24.8. The average Bonchev–Trinajstić information content (AvgIpc) is 3.47. The molecule has 8 nitrogen and oxygen atoms in total. The smallest absolute Gasteiger partial charge is 0.407 e. The van der Waals surface area contributed by atoms with E-state index in [1.165, 1.54) is 12.1 Å². The second-order valence-electron chi connectivity index (χ2n) is 8.18. The Morgan fingerprint density at radius 2 is 1.69 bits per heavy atom. The van der Waals surface area contributed by atoms with Crippen molar-refractivity contribution < 1.29 is 28.6 Å². The maximum Gasteiger partial charge on any atom is 0.407 e. The van der Waals surface area contributed by atoms with E-state index in [1.807, 2.05) is 36.4 Å². The van der Waals surface area contributed by atoms with Crippen LogP contribution in [0.4, 0.5) is 4.79 Å². The van der Waals surface area contributed by atoms with E-state index < -0.39 is 24.0 Å². The van der Waals surface area contributed by atoms with Crippen LogP contribution in [0.2, 0.25) is 0 Å². The van der Waals surface area contributed by atoms with Gasteiger partial charge in [-0.05, 0) is 47.2 Å². The summed E-state index contributed by atoms with van der Waals surface area (Å²) >= 11 is 0. The number of alkyl carbamates (subject to hydrolysis) is 1. The van der Waals surface area contributed by atoms with Crippen molar-refractivity contribution in [2.45, 2.75) is 31.3 Å². The van der Waals surface area contributed by atoms with E-state index in [4.69, 9.17) is 9.15 Å². The van der Waals surface area contributed by atoms with Crippen LogP contribution in [0, 0.1) is 0 Å². The molecule has 8 heteroatoms. The number of furan rings is 1.